The van der Waals surface area contributed by atoms with E-state index in [4.69, 9.17) is 0 Å². The minimum atomic E-state index is -0.183. The Hall–Kier alpha value is -2.43. The molecule has 1 N–H and O–H groups in total. The number of nitrogens with one attached hydrogen (secondary N) is 1. The van der Waals surface area contributed by atoms with Crippen molar-refractivity contribution in [2.45, 2.75) is 6.54 Å². The van der Waals surface area contributed by atoms with E-state index >= 15 is 0 Å². The van der Waals surface area contributed by atoms with Crippen molar-refractivity contribution >= 4 is 11.7 Å². The monoisotopic (exact) mass is 256 g/mol. The third-order valence-corrected chi connectivity index (χ3v) is 2.62. The lowest BCUT2D eigenvalue weighted by molar-refractivity contribution is 0.0946. The topological polar surface area (TPSA) is 58.1 Å². The number of carbonyl (C=O) groups is 1. The summed E-state index contributed by atoms with van der Waals surface area (Å²) in [5.41, 5.74) is 1.37. The predicted molar refractivity (Wildman–Crippen MR) is 74.0 cm³/mol. The van der Waals surface area contributed by atoms with Crippen molar-refractivity contribution < 1.29 is 4.79 Å². The normalized spacial score (nSPS) is 10.0. The fourth-order valence-corrected chi connectivity index (χ4v) is 1.56. The number of carbonyl (C=O) groups excluding carboxylic acids is 1. The first-order valence-corrected chi connectivity index (χ1v) is 5.98. The SMILES string of the molecule is CN(C)c1ccc(CNC(=O)c2ccccn2)cn1. The minimum Gasteiger partial charge on any atom is -0.363 e. The van der Waals surface area contributed by atoms with E-state index in [1.165, 1.54) is 0 Å². The van der Waals surface area contributed by atoms with Crippen molar-refractivity contribution in [3.63, 3.8) is 0 Å². The average molecular weight is 256 g/mol. The van der Waals surface area contributed by atoms with Crippen LogP contribution in [-0.4, -0.2) is 30.0 Å². The first-order chi connectivity index (χ1) is 9.16. The second-order valence-electron chi connectivity index (χ2n) is 4.32. The van der Waals surface area contributed by atoms with E-state index in [0.717, 1.165) is 11.4 Å². The molecule has 0 fully saturated rings. The van der Waals surface area contributed by atoms with E-state index in [9.17, 15) is 4.79 Å². The van der Waals surface area contributed by atoms with Crippen molar-refractivity contribution in [1.29, 1.82) is 0 Å². The lowest BCUT2D eigenvalue weighted by Gasteiger charge is -2.11. The third-order valence-electron chi connectivity index (χ3n) is 2.62. The molecule has 2 aromatic heterocycles. The van der Waals surface area contributed by atoms with E-state index < -0.39 is 0 Å². The molecule has 5 nitrogen and oxygen atoms in total. The molecule has 2 aromatic rings. The molecule has 0 spiro atoms. The second-order valence-corrected chi connectivity index (χ2v) is 4.32. The van der Waals surface area contributed by atoms with Crippen LogP contribution in [-0.2, 0) is 6.54 Å². The molecule has 98 valence electrons. The lowest BCUT2D eigenvalue weighted by atomic mass is 10.2. The van der Waals surface area contributed by atoms with Crippen molar-refractivity contribution in [2.24, 2.45) is 0 Å². The van der Waals surface area contributed by atoms with Gasteiger partial charge in [0.05, 0.1) is 0 Å². The number of hydrogen-bond donors (Lipinski definition) is 1. The standard InChI is InChI=1S/C14H16N4O/c1-18(2)13-7-6-11(9-16-13)10-17-14(19)12-5-3-4-8-15-12/h3-9H,10H2,1-2H3,(H,17,19). The molecule has 0 radical (unpaired) electrons. The number of rotatable bonds is 4. The van der Waals surface area contributed by atoms with Gasteiger partial charge < -0.3 is 10.2 Å². The van der Waals surface area contributed by atoms with E-state index in [1.807, 2.05) is 31.1 Å². The van der Waals surface area contributed by atoms with Crippen LogP contribution < -0.4 is 10.2 Å². The Bertz CT molecular complexity index is 537. The summed E-state index contributed by atoms with van der Waals surface area (Å²) in [5.74, 6) is 0.706. The number of aromatic nitrogens is 2. The fourth-order valence-electron chi connectivity index (χ4n) is 1.56. The summed E-state index contributed by atoms with van der Waals surface area (Å²) >= 11 is 0. The van der Waals surface area contributed by atoms with E-state index in [2.05, 4.69) is 15.3 Å². The highest BCUT2D eigenvalue weighted by molar-refractivity contribution is 5.92. The van der Waals surface area contributed by atoms with Gasteiger partial charge in [0, 0.05) is 33.0 Å². The smallest absolute Gasteiger partial charge is 0.270 e. The van der Waals surface area contributed by atoms with Crippen molar-refractivity contribution in [3.05, 3.63) is 54.0 Å². The van der Waals surface area contributed by atoms with Crippen molar-refractivity contribution in [2.75, 3.05) is 19.0 Å². The molecule has 2 rings (SSSR count). The molecule has 0 aromatic carbocycles. The highest BCUT2D eigenvalue weighted by Gasteiger charge is 2.05. The number of hydrogen-bond acceptors (Lipinski definition) is 4. The number of anilines is 1. The fraction of sp³-hybridized carbons (Fsp3) is 0.214. The molecular weight excluding hydrogens is 240 g/mol. The molecule has 0 saturated carbocycles. The number of nitrogens with zero attached hydrogens (tertiary/aromatic N) is 3. The van der Waals surface area contributed by atoms with Crippen LogP contribution in [0, 0.1) is 0 Å². The summed E-state index contributed by atoms with van der Waals surface area (Å²) in [7, 11) is 3.87. The molecule has 0 aliphatic heterocycles. The van der Waals surface area contributed by atoms with E-state index in [1.54, 1.807) is 30.6 Å². The molecule has 0 atom stereocenters. The van der Waals surface area contributed by atoms with Gasteiger partial charge in [0.2, 0.25) is 0 Å². The van der Waals surface area contributed by atoms with Crippen LogP contribution in [0.4, 0.5) is 5.82 Å². The van der Waals surface area contributed by atoms with Gasteiger partial charge in [0.15, 0.2) is 0 Å². The van der Waals surface area contributed by atoms with Crippen LogP contribution in [0.1, 0.15) is 16.1 Å². The zero-order chi connectivity index (χ0) is 13.7. The highest BCUT2D eigenvalue weighted by Crippen LogP contribution is 2.07. The summed E-state index contributed by atoms with van der Waals surface area (Å²) in [4.78, 5) is 22.0. The highest BCUT2D eigenvalue weighted by atomic mass is 16.1. The zero-order valence-corrected chi connectivity index (χ0v) is 11.0. The minimum absolute atomic E-state index is 0.183. The Labute approximate surface area is 112 Å². The Balaban J connectivity index is 1.94. The number of amides is 1. The number of pyridine rings is 2. The van der Waals surface area contributed by atoms with E-state index in [0.29, 0.717) is 12.2 Å². The predicted octanol–water partition coefficient (Wildman–Crippen LogP) is 1.47. The first kappa shape index (κ1) is 13.0. The summed E-state index contributed by atoms with van der Waals surface area (Å²) < 4.78 is 0. The van der Waals surface area contributed by atoms with Crippen LogP contribution in [0.25, 0.3) is 0 Å². The molecule has 0 aliphatic carbocycles. The van der Waals surface area contributed by atoms with Gasteiger partial charge in [0.25, 0.3) is 5.91 Å². The average Bonchev–Trinajstić information content (AvgIpc) is 2.46. The van der Waals surface area contributed by atoms with Crippen LogP contribution in [0.15, 0.2) is 42.7 Å². The third kappa shape index (κ3) is 3.51. The van der Waals surface area contributed by atoms with Gasteiger partial charge >= 0.3 is 0 Å². The quantitative estimate of drug-likeness (QED) is 0.900. The maximum atomic E-state index is 11.8. The van der Waals surface area contributed by atoms with Crippen molar-refractivity contribution in [3.8, 4) is 0 Å². The Morgan fingerprint density at radius 1 is 1.21 bits per heavy atom. The summed E-state index contributed by atoms with van der Waals surface area (Å²) in [5, 5.41) is 2.81. The Kier molecular flexibility index (Phi) is 4.07. The van der Waals surface area contributed by atoms with Gasteiger partial charge in [-0.3, -0.25) is 9.78 Å². The Morgan fingerprint density at radius 2 is 2.05 bits per heavy atom. The maximum Gasteiger partial charge on any atom is 0.270 e. The van der Waals surface area contributed by atoms with Crippen LogP contribution >= 0.6 is 0 Å². The Morgan fingerprint density at radius 3 is 2.63 bits per heavy atom. The molecule has 5 heteroatoms. The van der Waals surface area contributed by atoms with Gasteiger partial charge in [-0.1, -0.05) is 12.1 Å². The van der Waals surface area contributed by atoms with E-state index in [-0.39, 0.29) is 5.91 Å². The molecule has 1 amide bonds. The molecule has 0 aliphatic rings. The van der Waals surface area contributed by atoms with Gasteiger partial charge in [0.1, 0.15) is 11.5 Å². The first-order valence-electron chi connectivity index (χ1n) is 5.98. The molecule has 0 bridgehead atoms. The molecule has 19 heavy (non-hydrogen) atoms. The molecule has 2 heterocycles. The largest absolute Gasteiger partial charge is 0.363 e. The summed E-state index contributed by atoms with van der Waals surface area (Å²) in [6.07, 6.45) is 3.36. The lowest BCUT2D eigenvalue weighted by Crippen LogP contribution is -2.23. The van der Waals surface area contributed by atoms with Crippen LogP contribution in [0.2, 0.25) is 0 Å². The van der Waals surface area contributed by atoms with Gasteiger partial charge in [-0.2, -0.15) is 0 Å². The summed E-state index contributed by atoms with van der Waals surface area (Å²) in [6, 6.07) is 9.11. The maximum absolute atomic E-state index is 11.8. The summed E-state index contributed by atoms with van der Waals surface area (Å²) in [6.45, 7) is 0.441. The van der Waals surface area contributed by atoms with Gasteiger partial charge in [-0.05, 0) is 23.8 Å². The van der Waals surface area contributed by atoms with Crippen molar-refractivity contribution in [1.82, 2.24) is 15.3 Å². The second kappa shape index (κ2) is 5.95. The molecule has 0 unspecified atom stereocenters. The van der Waals surface area contributed by atoms with Crippen LogP contribution in [0.5, 0.6) is 0 Å². The molecular formula is C14H16N4O. The van der Waals surface area contributed by atoms with Crippen LogP contribution in [0.3, 0.4) is 0 Å². The molecule has 0 saturated heterocycles. The zero-order valence-electron chi connectivity index (χ0n) is 11.0. The van der Waals surface area contributed by atoms with Gasteiger partial charge in [-0.15, -0.1) is 0 Å². The van der Waals surface area contributed by atoms with Gasteiger partial charge in [-0.25, -0.2) is 4.98 Å².